The standard InChI is InChI=1S/C17H28N4O2S/c1-14-11-15(2)13-21(12-14)17(18-3)19-9-10-20-24(22,23)16-7-5-4-6-8-16/h4-8,14-15,20H,9-13H2,1-3H3,(H,18,19). The summed E-state index contributed by atoms with van der Waals surface area (Å²) in [6.07, 6.45) is 1.24. The molecule has 0 aliphatic carbocycles. The first-order valence-corrected chi connectivity index (χ1v) is 9.91. The van der Waals surface area contributed by atoms with Crippen LogP contribution in [0.4, 0.5) is 0 Å². The van der Waals surface area contributed by atoms with Crippen LogP contribution in [0.5, 0.6) is 0 Å². The van der Waals surface area contributed by atoms with Crippen LogP contribution in [0.3, 0.4) is 0 Å². The smallest absolute Gasteiger partial charge is 0.240 e. The molecule has 1 fully saturated rings. The van der Waals surface area contributed by atoms with Crippen molar-refractivity contribution in [2.24, 2.45) is 16.8 Å². The van der Waals surface area contributed by atoms with Crippen molar-refractivity contribution in [1.29, 1.82) is 0 Å². The lowest BCUT2D eigenvalue weighted by Gasteiger charge is -2.37. The molecule has 2 atom stereocenters. The molecule has 2 rings (SSSR count). The minimum atomic E-state index is -3.45. The topological polar surface area (TPSA) is 73.8 Å². The molecular weight excluding hydrogens is 324 g/mol. The van der Waals surface area contributed by atoms with Crippen molar-refractivity contribution >= 4 is 16.0 Å². The Hall–Kier alpha value is -1.60. The molecule has 1 aromatic rings. The zero-order chi connectivity index (χ0) is 17.6. The average molecular weight is 353 g/mol. The molecule has 0 saturated carbocycles. The van der Waals surface area contributed by atoms with Gasteiger partial charge in [-0.15, -0.1) is 0 Å². The molecule has 1 heterocycles. The summed E-state index contributed by atoms with van der Waals surface area (Å²) in [5.41, 5.74) is 0. The van der Waals surface area contributed by atoms with Crippen molar-refractivity contribution in [3.05, 3.63) is 30.3 Å². The van der Waals surface area contributed by atoms with Crippen molar-refractivity contribution in [1.82, 2.24) is 14.9 Å². The monoisotopic (exact) mass is 352 g/mol. The maximum absolute atomic E-state index is 12.2. The molecule has 0 amide bonds. The predicted molar refractivity (Wildman–Crippen MR) is 97.5 cm³/mol. The van der Waals surface area contributed by atoms with Crippen molar-refractivity contribution in [2.45, 2.75) is 25.2 Å². The number of likely N-dealkylation sites (tertiary alicyclic amines) is 1. The number of piperidine rings is 1. The summed E-state index contributed by atoms with van der Waals surface area (Å²) in [4.78, 5) is 6.87. The minimum absolute atomic E-state index is 0.285. The molecule has 6 nitrogen and oxygen atoms in total. The van der Waals surface area contributed by atoms with Gasteiger partial charge in [0.1, 0.15) is 0 Å². The fourth-order valence-electron chi connectivity index (χ4n) is 3.21. The van der Waals surface area contributed by atoms with E-state index >= 15 is 0 Å². The second-order valence-electron chi connectivity index (χ2n) is 6.54. The first-order valence-electron chi connectivity index (χ1n) is 8.42. The van der Waals surface area contributed by atoms with Gasteiger partial charge in [-0.1, -0.05) is 32.0 Å². The normalized spacial score (nSPS) is 22.5. The molecule has 7 heteroatoms. The Balaban J connectivity index is 1.82. The number of aliphatic imine (C=N–C) groups is 1. The minimum Gasteiger partial charge on any atom is -0.355 e. The number of nitrogens with zero attached hydrogens (tertiary/aromatic N) is 2. The van der Waals surface area contributed by atoms with Gasteiger partial charge in [0.2, 0.25) is 10.0 Å². The van der Waals surface area contributed by atoms with Crippen LogP contribution < -0.4 is 10.0 Å². The first kappa shape index (κ1) is 18.7. The summed E-state index contributed by atoms with van der Waals surface area (Å²) in [6, 6.07) is 8.41. The number of benzene rings is 1. The molecule has 1 aliphatic heterocycles. The van der Waals surface area contributed by atoms with E-state index in [1.165, 1.54) is 6.42 Å². The predicted octanol–water partition coefficient (Wildman–Crippen LogP) is 1.52. The summed E-state index contributed by atoms with van der Waals surface area (Å²) < 4.78 is 26.9. The quantitative estimate of drug-likeness (QED) is 0.479. The van der Waals surface area contributed by atoms with Gasteiger partial charge in [-0.3, -0.25) is 4.99 Å². The molecule has 2 unspecified atom stereocenters. The Labute approximate surface area is 145 Å². The summed E-state index contributed by atoms with van der Waals surface area (Å²) in [7, 11) is -1.69. The van der Waals surface area contributed by atoms with Gasteiger partial charge >= 0.3 is 0 Å². The zero-order valence-electron chi connectivity index (χ0n) is 14.7. The molecule has 0 aromatic heterocycles. The number of guanidine groups is 1. The van der Waals surface area contributed by atoms with Crippen LogP contribution in [-0.2, 0) is 10.0 Å². The van der Waals surface area contributed by atoms with E-state index in [0.717, 1.165) is 19.0 Å². The van der Waals surface area contributed by atoms with Gasteiger partial charge < -0.3 is 10.2 Å². The molecule has 24 heavy (non-hydrogen) atoms. The van der Waals surface area contributed by atoms with E-state index in [1.54, 1.807) is 37.4 Å². The van der Waals surface area contributed by atoms with Gasteiger partial charge in [-0.2, -0.15) is 0 Å². The van der Waals surface area contributed by atoms with Gasteiger partial charge in [-0.05, 0) is 30.4 Å². The number of rotatable bonds is 5. The van der Waals surface area contributed by atoms with Crippen LogP contribution in [0.2, 0.25) is 0 Å². The Kier molecular flexibility index (Phi) is 6.62. The van der Waals surface area contributed by atoms with Crippen LogP contribution >= 0.6 is 0 Å². The lowest BCUT2D eigenvalue weighted by molar-refractivity contribution is 0.208. The highest BCUT2D eigenvalue weighted by Crippen LogP contribution is 2.20. The fourth-order valence-corrected chi connectivity index (χ4v) is 4.26. The largest absolute Gasteiger partial charge is 0.355 e. The highest BCUT2D eigenvalue weighted by molar-refractivity contribution is 7.89. The highest BCUT2D eigenvalue weighted by Gasteiger charge is 2.23. The van der Waals surface area contributed by atoms with E-state index in [0.29, 0.717) is 24.9 Å². The molecule has 0 spiro atoms. The van der Waals surface area contributed by atoms with E-state index in [9.17, 15) is 8.42 Å². The van der Waals surface area contributed by atoms with Gasteiger partial charge in [0.25, 0.3) is 0 Å². The second-order valence-corrected chi connectivity index (χ2v) is 8.30. The summed E-state index contributed by atoms with van der Waals surface area (Å²) in [5, 5.41) is 3.25. The van der Waals surface area contributed by atoms with E-state index in [2.05, 4.69) is 33.8 Å². The van der Waals surface area contributed by atoms with Crippen molar-refractivity contribution in [3.8, 4) is 0 Å². The fraction of sp³-hybridized carbons (Fsp3) is 0.588. The molecule has 0 radical (unpaired) electrons. The van der Waals surface area contributed by atoms with Gasteiger partial charge in [-0.25, -0.2) is 13.1 Å². The average Bonchev–Trinajstić information content (AvgIpc) is 2.55. The number of sulfonamides is 1. The summed E-state index contributed by atoms with van der Waals surface area (Å²) in [6.45, 7) is 7.29. The lowest BCUT2D eigenvalue weighted by Crippen LogP contribution is -2.49. The zero-order valence-corrected chi connectivity index (χ0v) is 15.5. The molecule has 1 aromatic carbocycles. The van der Waals surface area contributed by atoms with E-state index in [-0.39, 0.29) is 4.90 Å². The Morgan fingerprint density at radius 3 is 2.38 bits per heavy atom. The summed E-state index contributed by atoms with van der Waals surface area (Å²) >= 11 is 0. The van der Waals surface area contributed by atoms with E-state index < -0.39 is 10.0 Å². The van der Waals surface area contributed by atoms with Gasteiger partial charge in [0.15, 0.2) is 5.96 Å². The van der Waals surface area contributed by atoms with Crippen molar-refractivity contribution < 1.29 is 8.42 Å². The molecule has 134 valence electrons. The van der Waals surface area contributed by atoms with E-state index in [1.807, 2.05) is 0 Å². The third-order valence-corrected chi connectivity index (χ3v) is 5.61. The third kappa shape index (κ3) is 5.21. The van der Waals surface area contributed by atoms with Crippen LogP contribution in [-0.4, -0.2) is 52.5 Å². The van der Waals surface area contributed by atoms with E-state index in [4.69, 9.17) is 0 Å². The summed E-state index contributed by atoms with van der Waals surface area (Å²) in [5.74, 6) is 2.13. The number of hydrogen-bond acceptors (Lipinski definition) is 3. The molecular formula is C17H28N4O2S. The van der Waals surface area contributed by atoms with Crippen molar-refractivity contribution in [3.63, 3.8) is 0 Å². The Bertz CT molecular complexity index is 636. The molecule has 0 bridgehead atoms. The number of hydrogen-bond donors (Lipinski definition) is 2. The van der Waals surface area contributed by atoms with Crippen LogP contribution in [0.1, 0.15) is 20.3 Å². The van der Waals surface area contributed by atoms with Crippen LogP contribution in [0.25, 0.3) is 0 Å². The van der Waals surface area contributed by atoms with Gasteiger partial charge in [0, 0.05) is 33.2 Å². The molecule has 1 aliphatic rings. The molecule has 2 N–H and O–H groups in total. The SMILES string of the molecule is CN=C(NCCNS(=O)(=O)c1ccccc1)N1CC(C)CC(C)C1. The van der Waals surface area contributed by atoms with Crippen LogP contribution in [0.15, 0.2) is 40.2 Å². The molecule has 1 saturated heterocycles. The number of nitrogens with one attached hydrogen (secondary N) is 2. The van der Waals surface area contributed by atoms with Crippen LogP contribution in [0, 0.1) is 11.8 Å². The maximum atomic E-state index is 12.2. The Morgan fingerprint density at radius 2 is 1.79 bits per heavy atom. The van der Waals surface area contributed by atoms with Gasteiger partial charge in [0.05, 0.1) is 4.90 Å². The highest BCUT2D eigenvalue weighted by atomic mass is 32.2. The lowest BCUT2D eigenvalue weighted by atomic mass is 9.92. The first-order chi connectivity index (χ1) is 11.4. The third-order valence-electron chi connectivity index (χ3n) is 4.13. The Morgan fingerprint density at radius 1 is 1.17 bits per heavy atom. The maximum Gasteiger partial charge on any atom is 0.240 e. The second kappa shape index (κ2) is 8.48. The van der Waals surface area contributed by atoms with Crippen molar-refractivity contribution in [2.75, 3.05) is 33.2 Å².